The van der Waals surface area contributed by atoms with E-state index < -0.39 is 5.60 Å². The van der Waals surface area contributed by atoms with Crippen LogP contribution in [0.5, 0.6) is 0 Å². The number of aryl methyl sites for hydroxylation is 1. The molecule has 1 heterocycles. The van der Waals surface area contributed by atoms with Crippen LogP contribution in [0.3, 0.4) is 0 Å². The fourth-order valence-electron chi connectivity index (χ4n) is 1.92. The van der Waals surface area contributed by atoms with Gasteiger partial charge in [0.15, 0.2) is 0 Å². The highest BCUT2D eigenvalue weighted by Gasteiger charge is 2.35. The lowest BCUT2D eigenvalue weighted by Gasteiger charge is -2.22. The summed E-state index contributed by atoms with van der Waals surface area (Å²) < 4.78 is 18.0. The van der Waals surface area contributed by atoms with Gasteiger partial charge in [-0.3, -0.25) is 0 Å². The molecule has 1 aromatic rings. The molecule has 1 fully saturated rings. The van der Waals surface area contributed by atoms with Gasteiger partial charge in [0.05, 0.1) is 6.61 Å². The Hall–Kier alpha value is -0.930. The minimum absolute atomic E-state index is 0.270. The molecule has 1 aliphatic heterocycles. The van der Waals surface area contributed by atoms with E-state index in [2.05, 4.69) is 0 Å². The molecule has 0 bridgehead atoms. The van der Waals surface area contributed by atoms with Crippen molar-refractivity contribution < 1.29 is 14.2 Å². The third kappa shape index (κ3) is 1.53. The molecule has 1 N–H and O–H groups in total. The lowest BCUT2D eigenvalue weighted by atomic mass is 9.90. The lowest BCUT2D eigenvalue weighted by molar-refractivity contribution is 0.0226. The van der Waals surface area contributed by atoms with Gasteiger partial charge in [0.25, 0.3) is 0 Å². The standard InChI is InChI=1S/C11H13FO2/c1-8-6-9(12)2-3-10(8)11(13)4-5-14-7-11/h2-3,6,13H,4-5,7H2,1H3. The molecular weight excluding hydrogens is 183 g/mol. The van der Waals surface area contributed by atoms with Crippen molar-refractivity contribution >= 4 is 0 Å². The quantitative estimate of drug-likeness (QED) is 0.741. The van der Waals surface area contributed by atoms with E-state index in [4.69, 9.17) is 4.74 Å². The van der Waals surface area contributed by atoms with Crippen molar-refractivity contribution in [3.8, 4) is 0 Å². The van der Waals surface area contributed by atoms with E-state index in [0.29, 0.717) is 19.6 Å². The first kappa shape index (κ1) is 9.62. The summed E-state index contributed by atoms with van der Waals surface area (Å²) in [5.74, 6) is -0.270. The number of rotatable bonds is 1. The average Bonchev–Trinajstić information content (AvgIpc) is 2.52. The van der Waals surface area contributed by atoms with Gasteiger partial charge in [-0.05, 0) is 30.2 Å². The Kier molecular flexibility index (Phi) is 2.29. The molecule has 14 heavy (non-hydrogen) atoms. The molecule has 1 aromatic carbocycles. The number of halogens is 1. The molecular formula is C11H13FO2. The fourth-order valence-corrected chi connectivity index (χ4v) is 1.92. The Morgan fingerprint density at radius 1 is 1.50 bits per heavy atom. The van der Waals surface area contributed by atoms with Gasteiger partial charge in [-0.15, -0.1) is 0 Å². The molecule has 1 aliphatic rings. The molecule has 3 heteroatoms. The molecule has 0 amide bonds. The van der Waals surface area contributed by atoms with Gasteiger partial charge in [-0.1, -0.05) is 6.07 Å². The predicted octanol–water partition coefficient (Wildman–Crippen LogP) is 1.74. The molecule has 1 saturated heterocycles. The number of hydrogen-bond donors (Lipinski definition) is 1. The predicted molar refractivity (Wildman–Crippen MR) is 50.5 cm³/mol. The molecule has 2 nitrogen and oxygen atoms in total. The number of hydrogen-bond acceptors (Lipinski definition) is 2. The van der Waals surface area contributed by atoms with Gasteiger partial charge in [0, 0.05) is 13.0 Å². The number of aliphatic hydroxyl groups is 1. The summed E-state index contributed by atoms with van der Waals surface area (Å²) in [7, 11) is 0. The lowest BCUT2D eigenvalue weighted by Crippen LogP contribution is -2.26. The first-order chi connectivity index (χ1) is 6.62. The van der Waals surface area contributed by atoms with Gasteiger partial charge in [0.2, 0.25) is 0 Å². The Morgan fingerprint density at radius 2 is 2.29 bits per heavy atom. The summed E-state index contributed by atoms with van der Waals surface area (Å²) in [6.45, 7) is 2.67. The van der Waals surface area contributed by atoms with E-state index >= 15 is 0 Å². The summed E-state index contributed by atoms with van der Waals surface area (Å²) in [5.41, 5.74) is 0.632. The fraction of sp³-hybridized carbons (Fsp3) is 0.455. The molecule has 0 aliphatic carbocycles. The average molecular weight is 196 g/mol. The van der Waals surface area contributed by atoms with E-state index in [0.717, 1.165) is 11.1 Å². The van der Waals surface area contributed by atoms with Crippen LogP contribution in [0.2, 0.25) is 0 Å². The second kappa shape index (κ2) is 3.33. The van der Waals surface area contributed by atoms with Crippen LogP contribution in [0.25, 0.3) is 0 Å². The summed E-state index contributed by atoms with van der Waals surface area (Å²) in [6, 6.07) is 4.45. The maximum atomic E-state index is 12.8. The first-order valence-corrected chi connectivity index (χ1v) is 4.69. The van der Waals surface area contributed by atoms with Crippen LogP contribution in [-0.4, -0.2) is 18.3 Å². The van der Waals surface area contributed by atoms with E-state index in [9.17, 15) is 9.50 Å². The largest absolute Gasteiger partial charge is 0.383 e. The third-order valence-corrected chi connectivity index (χ3v) is 2.69. The summed E-state index contributed by atoms with van der Waals surface area (Å²) in [5, 5.41) is 10.2. The van der Waals surface area contributed by atoms with E-state index in [1.165, 1.54) is 12.1 Å². The second-order valence-electron chi connectivity index (χ2n) is 3.79. The van der Waals surface area contributed by atoms with Gasteiger partial charge in [-0.25, -0.2) is 4.39 Å². The van der Waals surface area contributed by atoms with Crippen molar-refractivity contribution in [2.24, 2.45) is 0 Å². The van der Waals surface area contributed by atoms with Crippen LogP contribution in [-0.2, 0) is 10.3 Å². The Labute approximate surface area is 82.3 Å². The minimum atomic E-state index is -0.919. The number of ether oxygens (including phenoxy) is 1. The zero-order valence-corrected chi connectivity index (χ0v) is 8.09. The molecule has 0 radical (unpaired) electrons. The maximum Gasteiger partial charge on any atom is 0.123 e. The van der Waals surface area contributed by atoms with Crippen molar-refractivity contribution in [1.82, 2.24) is 0 Å². The van der Waals surface area contributed by atoms with Gasteiger partial charge in [-0.2, -0.15) is 0 Å². The minimum Gasteiger partial charge on any atom is -0.383 e. The van der Waals surface area contributed by atoms with Crippen LogP contribution in [0.4, 0.5) is 4.39 Å². The van der Waals surface area contributed by atoms with Crippen molar-refractivity contribution in [2.45, 2.75) is 18.9 Å². The van der Waals surface area contributed by atoms with Gasteiger partial charge >= 0.3 is 0 Å². The highest BCUT2D eigenvalue weighted by molar-refractivity contribution is 5.32. The summed E-state index contributed by atoms with van der Waals surface area (Å²) >= 11 is 0. The molecule has 0 spiro atoms. The molecule has 1 atom stereocenters. The van der Waals surface area contributed by atoms with Crippen molar-refractivity contribution in [1.29, 1.82) is 0 Å². The van der Waals surface area contributed by atoms with E-state index in [-0.39, 0.29) is 5.82 Å². The monoisotopic (exact) mass is 196 g/mol. The second-order valence-corrected chi connectivity index (χ2v) is 3.79. The Bertz CT molecular complexity index is 343. The molecule has 0 aromatic heterocycles. The van der Waals surface area contributed by atoms with E-state index in [1.807, 2.05) is 0 Å². The third-order valence-electron chi connectivity index (χ3n) is 2.69. The van der Waals surface area contributed by atoms with Crippen LogP contribution < -0.4 is 0 Å². The smallest absolute Gasteiger partial charge is 0.123 e. The summed E-state index contributed by atoms with van der Waals surface area (Å²) in [6.07, 6.45) is 0.583. The highest BCUT2D eigenvalue weighted by atomic mass is 19.1. The Balaban J connectivity index is 2.40. The van der Waals surface area contributed by atoms with Crippen molar-refractivity contribution in [3.05, 3.63) is 35.1 Å². The normalized spacial score (nSPS) is 26.8. The van der Waals surface area contributed by atoms with Crippen molar-refractivity contribution in [2.75, 3.05) is 13.2 Å². The van der Waals surface area contributed by atoms with Gasteiger partial charge in [0.1, 0.15) is 11.4 Å². The van der Waals surface area contributed by atoms with Gasteiger partial charge < -0.3 is 9.84 Å². The zero-order valence-electron chi connectivity index (χ0n) is 8.09. The van der Waals surface area contributed by atoms with Crippen molar-refractivity contribution in [3.63, 3.8) is 0 Å². The first-order valence-electron chi connectivity index (χ1n) is 4.69. The number of benzene rings is 1. The molecule has 1 unspecified atom stereocenters. The SMILES string of the molecule is Cc1cc(F)ccc1C1(O)CCOC1. The topological polar surface area (TPSA) is 29.5 Å². The van der Waals surface area contributed by atoms with Crippen LogP contribution >= 0.6 is 0 Å². The van der Waals surface area contributed by atoms with Crippen LogP contribution in [0.15, 0.2) is 18.2 Å². The molecule has 76 valence electrons. The molecule has 2 rings (SSSR count). The summed E-state index contributed by atoms with van der Waals surface area (Å²) in [4.78, 5) is 0. The van der Waals surface area contributed by atoms with Crippen LogP contribution in [0.1, 0.15) is 17.5 Å². The Morgan fingerprint density at radius 3 is 2.86 bits per heavy atom. The van der Waals surface area contributed by atoms with Crippen LogP contribution in [0, 0.1) is 12.7 Å². The maximum absolute atomic E-state index is 12.8. The molecule has 0 saturated carbocycles. The van der Waals surface area contributed by atoms with E-state index in [1.54, 1.807) is 13.0 Å². The highest BCUT2D eigenvalue weighted by Crippen LogP contribution is 2.32. The zero-order chi connectivity index (χ0) is 10.2.